The van der Waals surface area contributed by atoms with Gasteiger partial charge in [-0.1, -0.05) is 35.5 Å². The predicted octanol–water partition coefficient (Wildman–Crippen LogP) is 4.28. The summed E-state index contributed by atoms with van der Waals surface area (Å²) < 4.78 is 5.27. The molecule has 1 aliphatic rings. The Bertz CT molecular complexity index is 994. The number of aromatic nitrogens is 1. The molecule has 1 aromatic heterocycles. The standard InChI is InChI=1S/C20H20N4O3/c1-13-19(14(2)27-21-13)16-9-17-20(18(10-16)24(25)26)22(3)12-23(17)11-15-7-5-4-6-8-15/h4-10H,11-12H2,1-3H3. The second-order valence-corrected chi connectivity index (χ2v) is 6.84. The average Bonchev–Trinajstić information content (AvgIpc) is 3.14. The summed E-state index contributed by atoms with van der Waals surface area (Å²) in [5.74, 6) is 0.655. The first kappa shape index (κ1) is 17.1. The van der Waals surface area contributed by atoms with Crippen LogP contribution in [-0.2, 0) is 6.54 Å². The number of aryl methyl sites for hydroxylation is 2. The number of rotatable bonds is 4. The van der Waals surface area contributed by atoms with Crippen LogP contribution in [0.5, 0.6) is 0 Å². The molecule has 0 N–H and O–H groups in total. The maximum absolute atomic E-state index is 11.8. The van der Waals surface area contributed by atoms with Crippen LogP contribution in [0.15, 0.2) is 47.0 Å². The van der Waals surface area contributed by atoms with Gasteiger partial charge in [-0.05, 0) is 31.0 Å². The molecule has 0 bridgehead atoms. The molecule has 2 heterocycles. The lowest BCUT2D eigenvalue weighted by Gasteiger charge is -2.19. The van der Waals surface area contributed by atoms with Crippen LogP contribution in [0.3, 0.4) is 0 Å². The summed E-state index contributed by atoms with van der Waals surface area (Å²) in [5.41, 5.74) is 5.05. The van der Waals surface area contributed by atoms with Gasteiger partial charge in [0.05, 0.1) is 23.0 Å². The van der Waals surface area contributed by atoms with Crippen molar-refractivity contribution in [2.45, 2.75) is 20.4 Å². The third-order valence-electron chi connectivity index (χ3n) is 4.91. The van der Waals surface area contributed by atoms with Crippen molar-refractivity contribution < 1.29 is 9.45 Å². The highest BCUT2D eigenvalue weighted by Crippen LogP contribution is 2.46. The van der Waals surface area contributed by atoms with E-state index in [4.69, 9.17) is 4.52 Å². The fourth-order valence-corrected chi connectivity index (χ4v) is 3.76. The van der Waals surface area contributed by atoms with E-state index in [-0.39, 0.29) is 10.6 Å². The first-order valence-corrected chi connectivity index (χ1v) is 8.71. The summed E-state index contributed by atoms with van der Waals surface area (Å²) in [5, 5.41) is 15.8. The Balaban J connectivity index is 1.86. The molecule has 1 aliphatic heterocycles. The van der Waals surface area contributed by atoms with Crippen molar-refractivity contribution in [1.82, 2.24) is 5.16 Å². The third-order valence-corrected chi connectivity index (χ3v) is 4.91. The lowest BCUT2D eigenvalue weighted by molar-refractivity contribution is -0.384. The number of nitro benzene ring substituents is 1. The molecule has 138 valence electrons. The molecule has 0 radical (unpaired) electrons. The van der Waals surface area contributed by atoms with Crippen molar-refractivity contribution in [3.05, 3.63) is 69.6 Å². The minimum Gasteiger partial charge on any atom is -0.361 e. The average molecular weight is 364 g/mol. The Labute approximate surface area is 157 Å². The van der Waals surface area contributed by atoms with Gasteiger partial charge in [-0.2, -0.15) is 0 Å². The molecule has 4 rings (SSSR count). The molecule has 0 atom stereocenters. The maximum Gasteiger partial charge on any atom is 0.295 e. The lowest BCUT2D eigenvalue weighted by Crippen LogP contribution is -2.27. The van der Waals surface area contributed by atoms with Crippen LogP contribution in [0, 0.1) is 24.0 Å². The highest BCUT2D eigenvalue weighted by Gasteiger charge is 2.33. The molecule has 0 amide bonds. The highest BCUT2D eigenvalue weighted by molar-refractivity contribution is 5.89. The fraction of sp³-hybridized carbons (Fsp3) is 0.250. The topological polar surface area (TPSA) is 75.6 Å². The van der Waals surface area contributed by atoms with Gasteiger partial charge < -0.3 is 14.3 Å². The van der Waals surface area contributed by atoms with Crippen LogP contribution >= 0.6 is 0 Å². The molecule has 2 aromatic carbocycles. The summed E-state index contributed by atoms with van der Waals surface area (Å²) in [7, 11) is 1.88. The Morgan fingerprint density at radius 1 is 1.22 bits per heavy atom. The van der Waals surface area contributed by atoms with Gasteiger partial charge in [0.2, 0.25) is 0 Å². The quantitative estimate of drug-likeness (QED) is 0.508. The lowest BCUT2D eigenvalue weighted by atomic mass is 10.0. The van der Waals surface area contributed by atoms with Gasteiger partial charge in [-0.3, -0.25) is 10.1 Å². The van der Waals surface area contributed by atoms with Gasteiger partial charge in [-0.25, -0.2) is 0 Å². The summed E-state index contributed by atoms with van der Waals surface area (Å²) >= 11 is 0. The van der Waals surface area contributed by atoms with Crippen molar-refractivity contribution in [2.24, 2.45) is 0 Å². The van der Waals surface area contributed by atoms with E-state index >= 15 is 0 Å². The third kappa shape index (κ3) is 2.91. The first-order chi connectivity index (χ1) is 13.0. The molecule has 27 heavy (non-hydrogen) atoms. The summed E-state index contributed by atoms with van der Waals surface area (Å²) in [6.07, 6.45) is 0. The van der Waals surface area contributed by atoms with E-state index in [1.165, 1.54) is 0 Å². The Morgan fingerprint density at radius 3 is 2.59 bits per heavy atom. The molecule has 3 aromatic rings. The normalized spacial score (nSPS) is 13.1. The van der Waals surface area contributed by atoms with E-state index in [0.29, 0.717) is 24.7 Å². The molecule has 0 saturated carbocycles. The van der Waals surface area contributed by atoms with Crippen molar-refractivity contribution in [3.8, 4) is 11.1 Å². The SMILES string of the molecule is Cc1noc(C)c1-c1cc2c(c([N+](=O)[O-])c1)N(C)CN2Cc1ccccc1. The van der Waals surface area contributed by atoms with Gasteiger partial charge in [-0.15, -0.1) is 0 Å². The Hall–Kier alpha value is -3.35. The van der Waals surface area contributed by atoms with Crippen molar-refractivity contribution in [1.29, 1.82) is 0 Å². The van der Waals surface area contributed by atoms with E-state index in [9.17, 15) is 10.1 Å². The highest BCUT2D eigenvalue weighted by atomic mass is 16.6. The van der Waals surface area contributed by atoms with Crippen LogP contribution in [0.4, 0.5) is 17.1 Å². The number of hydrogen-bond donors (Lipinski definition) is 0. The second-order valence-electron chi connectivity index (χ2n) is 6.84. The number of nitro groups is 1. The van der Waals surface area contributed by atoms with Gasteiger partial charge in [0.15, 0.2) is 0 Å². The van der Waals surface area contributed by atoms with Crippen LogP contribution in [-0.4, -0.2) is 23.8 Å². The van der Waals surface area contributed by atoms with E-state index in [1.807, 2.05) is 50.1 Å². The van der Waals surface area contributed by atoms with E-state index < -0.39 is 0 Å². The number of hydrogen-bond acceptors (Lipinski definition) is 6. The first-order valence-electron chi connectivity index (χ1n) is 8.71. The van der Waals surface area contributed by atoms with Gasteiger partial charge in [0.25, 0.3) is 5.69 Å². The zero-order valence-corrected chi connectivity index (χ0v) is 15.5. The Kier molecular flexibility index (Phi) is 4.07. The number of fused-ring (bicyclic) bond motifs is 1. The van der Waals surface area contributed by atoms with Crippen LogP contribution in [0.25, 0.3) is 11.1 Å². The molecule has 0 fully saturated rings. The zero-order chi connectivity index (χ0) is 19.1. The van der Waals surface area contributed by atoms with Crippen LogP contribution in [0.2, 0.25) is 0 Å². The minimum absolute atomic E-state index is 0.0977. The van der Waals surface area contributed by atoms with Crippen molar-refractivity contribution in [3.63, 3.8) is 0 Å². The van der Waals surface area contributed by atoms with E-state index in [0.717, 1.165) is 28.1 Å². The molecule has 7 heteroatoms. The molecule has 0 aliphatic carbocycles. The minimum atomic E-state index is -0.316. The summed E-state index contributed by atoms with van der Waals surface area (Å²) in [4.78, 5) is 15.5. The van der Waals surface area contributed by atoms with Gasteiger partial charge in [0.1, 0.15) is 11.4 Å². The van der Waals surface area contributed by atoms with Crippen molar-refractivity contribution >= 4 is 17.1 Å². The molecule has 0 saturated heterocycles. The van der Waals surface area contributed by atoms with Crippen molar-refractivity contribution in [2.75, 3.05) is 23.5 Å². The Morgan fingerprint density at radius 2 is 1.96 bits per heavy atom. The van der Waals surface area contributed by atoms with Crippen LogP contribution < -0.4 is 9.80 Å². The molecule has 7 nitrogen and oxygen atoms in total. The maximum atomic E-state index is 11.8. The van der Waals surface area contributed by atoms with Crippen LogP contribution in [0.1, 0.15) is 17.0 Å². The second kappa shape index (κ2) is 6.42. The summed E-state index contributed by atoms with van der Waals surface area (Å²) in [6, 6.07) is 13.7. The predicted molar refractivity (Wildman–Crippen MR) is 104 cm³/mol. The van der Waals surface area contributed by atoms with E-state index in [2.05, 4.69) is 22.2 Å². The number of benzene rings is 2. The largest absolute Gasteiger partial charge is 0.361 e. The number of anilines is 2. The fourth-order valence-electron chi connectivity index (χ4n) is 3.76. The number of nitrogens with zero attached hydrogens (tertiary/aromatic N) is 4. The monoisotopic (exact) mass is 364 g/mol. The molecular formula is C20H20N4O3. The zero-order valence-electron chi connectivity index (χ0n) is 15.5. The molecule has 0 spiro atoms. The van der Waals surface area contributed by atoms with Gasteiger partial charge >= 0.3 is 0 Å². The smallest absolute Gasteiger partial charge is 0.295 e. The van der Waals surface area contributed by atoms with E-state index in [1.54, 1.807) is 6.07 Å². The molecule has 0 unspecified atom stereocenters. The molecular weight excluding hydrogens is 344 g/mol. The summed E-state index contributed by atoms with van der Waals surface area (Å²) in [6.45, 7) is 4.94. The van der Waals surface area contributed by atoms with Gasteiger partial charge in [0, 0.05) is 25.2 Å².